The van der Waals surface area contributed by atoms with Crippen molar-refractivity contribution in [3.8, 4) is 0 Å². The van der Waals surface area contributed by atoms with Gasteiger partial charge in [0.2, 0.25) is 5.91 Å². The molecule has 0 aromatic carbocycles. The van der Waals surface area contributed by atoms with Crippen molar-refractivity contribution in [1.29, 1.82) is 0 Å². The predicted octanol–water partition coefficient (Wildman–Crippen LogP) is 8.66. The van der Waals surface area contributed by atoms with Crippen molar-refractivity contribution < 1.29 is 50.0 Å². The number of hydrogen-bond donors (Lipinski definition) is 0. The second-order valence-electron chi connectivity index (χ2n) is 22.5. The monoisotopic (exact) mass is 927 g/mol. The first kappa shape index (κ1) is 53.5. The highest BCUT2D eigenvalue weighted by Gasteiger charge is 2.57. The largest absolute Gasteiger partial charge is 0.415 e. The standard InChI is InChI=1S/C38H85NO11Si7/c1-24-25-39(28(2)40)37-35(49-56(18,19)20)33(47-54(12,13)14)31(29(43-37)26-41-51(3,4)5)45-38-36(50-57(21,22)23)34(48-55(15,16)17)32(46-53(9,10)11)30(44-38)27-42-52(6,7)8/h24,29-38H,1,25-27H2,2-23H3/t29-,30-,31-,32-,33+,34+,35-,36-,37-,38+/m1/s1. The number of rotatable bonds is 21. The van der Waals surface area contributed by atoms with Crippen LogP contribution in [-0.2, 0) is 50.0 Å². The van der Waals surface area contributed by atoms with Gasteiger partial charge >= 0.3 is 0 Å². The minimum atomic E-state index is -2.33. The molecule has 10 atom stereocenters. The van der Waals surface area contributed by atoms with E-state index in [2.05, 4.69) is 144 Å². The van der Waals surface area contributed by atoms with E-state index in [1.807, 2.05) is 0 Å². The number of nitrogens with zero attached hydrogens (tertiary/aromatic N) is 1. The molecule has 0 radical (unpaired) electrons. The van der Waals surface area contributed by atoms with Gasteiger partial charge in [-0.1, -0.05) is 6.08 Å². The van der Waals surface area contributed by atoms with Gasteiger partial charge in [0.05, 0.1) is 13.2 Å². The zero-order valence-corrected chi connectivity index (χ0v) is 47.1. The van der Waals surface area contributed by atoms with Gasteiger partial charge in [-0.2, -0.15) is 0 Å². The summed E-state index contributed by atoms with van der Waals surface area (Å²) in [6, 6.07) is 0. The Morgan fingerprint density at radius 1 is 0.509 bits per heavy atom. The Hall–Kier alpha value is 0.328. The minimum absolute atomic E-state index is 0.149. The lowest BCUT2D eigenvalue weighted by Gasteiger charge is -2.55. The van der Waals surface area contributed by atoms with Gasteiger partial charge < -0.3 is 50.1 Å². The SMILES string of the molecule is C=CCN(C(C)=O)[C@@H]1O[C@H](CO[Si](C)(C)C)[C@@H](O[C@@H]2O[C@H](CO[Si](C)(C)C)[C@@H](O[Si](C)(C)C)[C@H](O[Si](C)(C)C)[C@H]2O[Si](C)(C)C)[C@H](O[Si](C)(C)C)[C@H]1O[Si](C)(C)C. The van der Waals surface area contributed by atoms with E-state index in [0.717, 1.165) is 0 Å². The summed E-state index contributed by atoms with van der Waals surface area (Å²) in [7, 11) is -15.3. The molecule has 12 nitrogen and oxygen atoms in total. The van der Waals surface area contributed by atoms with Crippen LogP contribution < -0.4 is 0 Å². The molecule has 0 aromatic heterocycles. The molecule has 57 heavy (non-hydrogen) atoms. The first-order valence-corrected chi connectivity index (χ1v) is 44.8. The summed E-state index contributed by atoms with van der Waals surface area (Å²) in [4.78, 5) is 15.1. The highest BCUT2D eigenvalue weighted by molar-refractivity contribution is 6.72. The quantitative estimate of drug-likeness (QED) is 0.0815. The fourth-order valence-electron chi connectivity index (χ4n) is 6.64. The van der Waals surface area contributed by atoms with Gasteiger partial charge in [-0.3, -0.25) is 4.79 Å². The molecule has 19 heteroatoms. The lowest BCUT2D eigenvalue weighted by atomic mass is 9.96. The zero-order chi connectivity index (χ0) is 44.3. The van der Waals surface area contributed by atoms with E-state index in [0.29, 0.717) is 6.61 Å². The molecule has 2 rings (SSSR count). The fourth-order valence-corrected chi connectivity index (χ4v) is 13.4. The first-order chi connectivity index (χ1) is 25.4. The summed E-state index contributed by atoms with van der Waals surface area (Å²) in [6.45, 7) is 51.9. The molecule has 0 unspecified atom stereocenters. The van der Waals surface area contributed by atoms with E-state index in [4.69, 9.17) is 45.2 Å². The second-order valence-corrected chi connectivity index (χ2v) is 53.8. The van der Waals surface area contributed by atoms with Gasteiger partial charge in [-0.25, -0.2) is 0 Å². The topological polar surface area (TPSA) is 113 Å². The van der Waals surface area contributed by atoms with E-state index >= 15 is 0 Å². The van der Waals surface area contributed by atoms with Crippen LogP contribution in [0.3, 0.4) is 0 Å². The minimum Gasteiger partial charge on any atom is -0.415 e. The van der Waals surface area contributed by atoms with Gasteiger partial charge in [0.1, 0.15) is 48.8 Å². The zero-order valence-electron chi connectivity index (χ0n) is 40.1. The number of ether oxygens (including phenoxy) is 3. The molecule has 2 heterocycles. The van der Waals surface area contributed by atoms with Crippen LogP contribution in [0.15, 0.2) is 12.7 Å². The van der Waals surface area contributed by atoms with Gasteiger partial charge in [-0.05, 0) is 137 Å². The maximum atomic E-state index is 13.4. The Balaban J connectivity index is 2.99. The average Bonchev–Trinajstić information content (AvgIpc) is 2.95. The molecule has 2 aliphatic heterocycles. The van der Waals surface area contributed by atoms with Crippen molar-refractivity contribution in [2.24, 2.45) is 0 Å². The summed E-state index contributed by atoms with van der Waals surface area (Å²) < 4.78 is 70.6. The Morgan fingerprint density at radius 3 is 1.23 bits per heavy atom. The van der Waals surface area contributed by atoms with Crippen molar-refractivity contribution in [1.82, 2.24) is 4.90 Å². The van der Waals surface area contributed by atoms with Crippen molar-refractivity contribution in [2.45, 2.75) is 206 Å². The number of carbonyl (C=O) groups excluding carboxylic acids is 1. The number of carbonyl (C=O) groups is 1. The average molecular weight is 929 g/mol. The third-order valence-electron chi connectivity index (χ3n) is 8.34. The van der Waals surface area contributed by atoms with Crippen LogP contribution in [0.5, 0.6) is 0 Å². The Kier molecular flexibility index (Phi) is 19.0. The third kappa shape index (κ3) is 19.5. The van der Waals surface area contributed by atoms with E-state index in [1.54, 1.807) is 17.9 Å². The molecular formula is C38H85NO11Si7. The molecule has 0 spiro atoms. The van der Waals surface area contributed by atoms with Crippen LogP contribution in [0.1, 0.15) is 6.92 Å². The van der Waals surface area contributed by atoms with Crippen LogP contribution in [0, 0.1) is 0 Å². The van der Waals surface area contributed by atoms with Crippen LogP contribution >= 0.6 is 0 Å². The van der Waals surface area contributed by atoms with Crippen molar-refractivity contribution in [3.63, 3.8) is 0 Å². The van der Waals surface area contributed by atoms with Crippen LogP contribution in [0.25, 0.3) is 0 Å². The highest BCUT2D eigenvalue weighted by Crippen LogP contribution is 2.39. The van der Waals surface area contributed by atoms with Gasteiger partial charge in [0, 0.05) is 13.5 Å². The van der Waals surface area contributed by atoms with Gasteiger partial charge in [0.15, 0.2) is 70.7 Å². The fraction of sp³-hybridized carbons (Fsp3) is 0.921. The third-order valence-corrected chi connectivity index (χ3v) is 15.3. The molecule has 0 saturated carbocycles. The molecular weight excluding hydrogens is 843 g/mol. The second kappa shape index (κ2) is 20.2. The smallest absolute Gasteiger partial charge is 0.221 e. The lowest BCUT2D eigenvalue weighted by Crippen LogP contribution is -2.71. The molecule has 336 valence electrons. The van der Waals surface area contributed by atoms with Crippen molar-refractivity contribution >= 4 is 64.1 Å². The van der Waals surface area contributed by atoms with Crippen LogP contribution in [0.2, 0.25) is 137 Å². The maximum Gasteiger partial charge on any atom is 0.221 e. The number of amides is 1. The van der Waals surface area contributed by atoms with E-state index in [-0.39, 0.29) is 19.1 Å². The molecule has 2 fully saturated rings. The molecule has 0 aromatic rings. The summed E-state index contributed by atoms with van der Waals surface area (Å²) in [5, 5.41) is 0. The van der Waals surface area contributed by atoms with Crippen molar-refractivity contribution in [2.75, 3.05) is 19.8 Å². The van der Waals surface area contributed by atoms with Crippen LogP contribution in [0.4, 0.5) is 0 Å². The van der Waals surface area contributed by atoms with E-state index < -0.39 is 120 Å². The first-order valence-electron chi connectivity index (χ1n) is 20.9. The Bertz CT molecular complexity index is 1280. The van der Waals surface area contributed by atoms with Gasteiger partial charge in [-0.15, -0.1) is 6.58 Å². The Labute approximate surface area is 355 Å². The molecule has 0 bridgehead atoms. The number of hydrogen-bond acceptors (Lipinski definition) is 11. The van der Waals surface area contributed by atoms with Crippen molar-refractivity contribution in [3.05, 3.63) is 12.7 Å². The predicted molar refractivity (Wildman–Crippen MR) is 249 cm³/mol. The van der Waals surface area contributed by atoms with E-state index in [1.165, 1.54) is 0 Å². The maximum absolute atomic E-state index is 13.4. The highest BCUT2D eigenvalue weighted by atomic mass is 28.4. The van der Waals surface area contributed by atoms with Crippen LogP contribution in [-0.4, -0.2) is 150 Å². The summed E-state index contributed by atoms with van der Waals surface area (Å²) in [5.41, 5.74) is 0. The van der Waals surface area contributed by atoms with E-state index in [9.17, 15) is 4.79 Å². The Morgan fingerprint density at radius 2 is 0.860 bits per heavy atom. The molecule has 0 N–H and O–H groups in total. The summed E-state index contributed by atoms with van der Waals surface area (Å²) >= 11 is 0. The molecule has 0 aliphatic carbocycles. The molecule has 2 aliphatic rings. The summed E-state index contributed by atoms with van der Waals surface area (Å²) in [5.74, 6) is -0.149. The molecule has 2 saturated heterocycles. The summed E-state index contributed by atoms with van der Waals surface area (Å²) in [6.07, 6.45) is -4.77. The lowest BCUT2D eigenvalue weighted by molar-refractivity contribution is -0.339. The normalized spacial score (nSPS) is 30.0. The van der Waals surface area contributed by atoms with Gasteiger partial charge in [0.25, 0.3) is 0 Å². The molecule has 1 amide bonds.